The Labute approximate surface area is 147 Å². The van der Waals surface area contributed by atoms with Crippen molar-refractivity contribution >= 4 is 22.7 Å². The van der Waals surface area contributed by atoms with Crippen LogP contribution in [-0.2, 0) is 6.42 Å². The molecule has 0 aliphatic heterocycles. The van der Waals surface area contributed by atoms with Crippen LogP contribution >= 0.6 is 0 Å². The molecule has 1 aromatic heterocycles. The molecule has 0 aliphatic carbocycles. The summed E-state index contributed by atoms with van der Waals surface area (Å²) >= 11 is 0. The largest absolute Gasteiger partial charge is 0.496 e. The summed E-state index contributed by atoms with van der Waals surface area (Å²) in [6, 6.07) is 16.0. The van der Waals surface area contributed by atoms with Gasteiger partial charge >= 0.3 is 0 Å². The van der Waals surface area contributed by atoms with Gasteiger partial charge in [-0.2, -0.15) is 4.98 Å². The van der Waals surface area contributed by atoms with Crippen LogP contribution in [0.5, 0.6) is 5.75 Å². The molecule has 0 radical (unpaired) electrons. The smallest absolute Gasteiger partial charge is 0.225 e. The Morgan fingerprint density at radius 1 is 1.04 bits per heavy atom. The lowest BCUT2D eigenvalue weighted by Gasteiger charge is -2.12. The lowest BCUT2D eigenvalue weighted by molar-refractivity contribution is 0.410. The highest BCUT2D eigenvalue weighted by Gasteiger charge is 2.07. The fourth-order valence-corrected chi connectivity index (χ4v) is 2.68. The van der Waals surface area contributed by atoms with Crippen molar-refractivity contribution in [3.05, 3.63) is 66.7 Å². The average Bonchev–Trinajstić information content (AvgIpc) is 2.66. The van der Waals surface area contributed by atoms with Crippen LogP contribution < -0.4 is 15.4 Å². The number of benzene rings is 2. The van der Waals surface area contributed by atoms with Gasteiger partial charge in [0.1, 0.15) is 11.6 Å². The first-order valence-corrected chi connectivity index (χ1v) is 8.29. The molecule has 128 valence electrons. The molecule has 2 aromatic carbocycles. The van der Waals surface area contributed by atoms with E-state index in [1.807, 2.05) is 48.5 Å². The summed E-state index contributed by atoms with van der Waals surface area (Å²) in [5.41, 5.74) is 2.06. The van der Waals surface area contributed by atoms with Crippen molar-refractivity contribution in [1.82, 2.24) is 9.97 Å². The third kappa shape index (κ3) is 4.07. The van der Waals surface area contributed by atoms with Gasteiger partial charge in [0.15, 0.2) is 0 Å². The van der Waals surface area contributed by atoms with Crippen LogP contribution in [0.3, 0.4) is 0 Å². The van der Waals surface area contributed by atoms with E-state index in [4.69, 9.17) is 4.74 Å². The van der Waals surface area contributed by atoms with E-state index in [9.17, 15) is 0 Å². The zero-order valence-corrected chi connectivity index (χ0v) is 14.3. The number of anilines is 2. The molecule has 0 amide bonds. The van der Waals surface area contributed by atoms with E-state index < -0.39 is 0 Å². The van der Waals surface area contributed by atoms with Crippen molar-refractivity contribution in [3.8, 4) is 5.75 Å². The molecule has 5 nitrogen and oxygen atoms in total. The fourth-order valence-electron chi connectivity index (χ4n) is 2.68. The van der Waals surface area contributed by atoms with Crippen LogP contribution in [-0.4, -0.2) is 30.2 Å². The quantitative estimate of drug-likeness (QED) is 0.612. The summed E-state index contributed by atoms with van der Waals surface area (Å²) in [5, 5.41) is 7.58. The second-order valence-corrected chi connectivity index (χ2v) is 5.57. The van der Waals surface area contributed by atoms with Crippen LogP contribution in [0.15, 0.2) is 61.2 Å². The first-order chi connectivity index (χ1) is 12.3. The molecule has 0 bridgehead atoms. The molecule has 25 heavy (non-hydrogen) atoms. The highest BCUT2D eigenvalue weighted by atomic mass is 16.5. The maximum atomic E-state index is 5.39. The summed E-state index contributed by atoms with van der Waals surface area (Å²) in [7, 11) is 1.69. The van der Waals surface area contributed by atoms with Crippen molar-refractivity contribution < 1.29 is 4.74 Å². The predicted molar refractivity (Wildman–Crippen MR) is 103 cm³/mol. The molecule has 0 atom stereocenters. The first kappa shape index (κ1) is 16.8. The number of ether oxygens (including phenoxy) is 1. The molecule has 2 N–H and O–H groups in total. The van der Waals surface area contributed by atoms with Gasteiger partial charge in [0, 0.05) is 18.5 Å². The Morgan fingerprint density at radius 3 is 2.68 bits per heavy atom. The van der Waals surface area contributed by atoms with E-state index >= 15 is 0 Å². The van der Waals surface area contributed by atoms with Gasteiger partial charge in [-0.1, -0.05) is 36.4 Å². The maximum Gasteiger partial charge on any atom is 0.225 e. The zero-order valence-electron chi connectivity index (χ0n) is 14.3. The summed E-state index contributed by atoms with van der Waals surface area (Å²) in [6.07, 6.45) is 2.64. The Balaban J connectivity index is 1.75. The third-order valence-electron chi connectivity index (χ3n) is 3.89. The fraction of sp³-hybridized carbons (Fsp3) is 0.200. The number of nitrogens with one attached hydrogen (secondary N) is 2. The Morgan fingerprint density at radius 2 is 1.84 bits per heavy atom. The maximum absolute atomic E-state index is 5.39. The van der Waals surface area contributed by atoms with Crippen LogP contribution in [0, 0.1) is 0 Å². The molecule has 0 aliphatic rings. The summed E-state index contributed by atoms with van der Waals surface area (Å²) in [5.74, 6) is 2.32. The van der Waals surface area contributed by atoms with Crippen molar-refractivity contribution in [2.24, 2.45) is 0 Å². The van der Waals surface area contributed by atoms with Crippen molar-refractivity contribution in [1.29, 1.82) is 0 Å². The molecular formula is C20H22N4O. The van der Waals surface area contributed by atoms with Crippen LogP contribution in [0.4, 0.5) is 11.8 Å². The minimum Gasteiger partial charge on any atom is -0.496 e. The highest BCUT2D eigenvalue weighted by molar-refractivity contribution is 5.90. The van der Waals surface area contributed by atoms with Gasteiger partial charge in [0.2, 0.25) is 5.95 Å². The molecule has 5 heteroatoms. The lowest BCUT2D eigenvalue weighted by Crippen LogP contribution is -2.11. The van der Waals surface area contributed by atoms with Gasteiger partial charge in [-0.25, -0.2) is 4.98 Å². The summed E-state index contributed by atoms with van der Waals surface area (Å²) < 4.78 is 5.39. The van der Waals surface area contributed by atoms with Gasteiger partial charge in [0.05, 0.1) is 12.6 Å². The zero-order chi connectivity index (χ0) is 17.5. The molecular weight excluding hydrogens is 312 g/mol. The van der Waals surface area contributed by atoms with Crippen molar-refractivity contribution in [2.75, 3.05) is 30.8 Å². The monoisotopic (exact) mass is 334 g/mol. The normalized spacial score (nSPS) is 10.4. The number of rotatable bonds is 8. The van der Waals surface area contributed by atoms with E-state index in [1.54, 1.807) is 7.11 Å². The molecule has 3 aromatic rings. The third-order valence-corrected chi connectivity index (χ3v) is 3.89. The van der Waals surface area contributed by atoms with E-state index in [0.717, 1.165) is 41.0 Å². The van der Waals surface area contributed by atoms with Gasteiger partial charge in [-0.05, 0) is 30.2 Å². The van der Waals surface area contributed by atoms with Crippen molar-refractivity contribution in [2.45, 2.75) is 6.42 Å². The van der Waals surface area contributed by atoms with E-state index in [2.05, 4.69) is 33.2 Å². The molecule has 0 spiro atoms. The van der Waals surface area contributed by atoms with Gasteiger partial charge in [-0.15, -0.1) is 6.58 Å². The Hall–Kier alpha value is -3.08. The van der Waals surface area contributed by atoms with Crippen LogP contribution in [0.25, 0.3) is 10.9 Å². The molecule has 1 heterocycles. The molecule has 0 saturated heterocycles. The molecule has 3 rings (SSSR count). The minimum atomic E-state index is 0.611. The standard InChI is InChI=1S/C20H22N4O/c1-3-13-21-19-16-9-5-6-10-17(16)23-20(24-19)22-14-12-15-8-4-7-11-18(15)25-2/h3-11H,1,12-14H2,2H3,(H2,21,22,23,24). The number of methoxy groups -OCH3 is 1. The highest BCUT2D eigenvalue weighted by Crippen LogP contribution is 2.22. The van der Waals surface area contributed by atoms with E-state index in [-0.39, 0.29) is 0 Å². The predicted octanol–water partition coefficient (Wildman–Crippen LogP) is 3.89. The minimum absolute atomic E-state index is 0.611. The number of para-hydroxylation sites is 2. The number of hydrogen-bond donors (Lipinski definition) is 2. The van der Waals surface area contributed by atoms with Crippen molar-refractivity contribution in [3.63, 3.8) is 0 Å². The van der Waals surface area contributed by atoms with Gasteiger partial charge in [-0.3, -0.25) is 0 Å². The second kappa shape index (κ2) is 8.15. The van der Waals surface area contributed by atoms with Crippen LogP contribution in [0.1, 0.15) is 5.56 Å². The number of aromatic nitrogens is 2. The Kier molecular flexibility index (Phi) is 5.46. The summed E-state index contributed by atoms with van der Waals surface area (Å²) in [6.45, 7) is 5.12. The number of nitrogens with zero attached hydrogens (tertiary/aromatic N) is 2. The SMILES string of the molecule is C=CCNc1nc(NCCc2ccccc2OC)nc2ccccc12. The molecule has 0 unspecified atom stereocenters. The topological polar surface area (TPSA) is 59.1 Å². The average molecular weight is 334 g/mol. The number of hydrogen-bond acceptors (Lipinski definition) is 5. The first-order valence-electron chi connectivity index (χ1n) is 8.29. The number of fused-ring (bicyclic) bond motifs is 1. The Bertz CT molecular complexity index is 863. The van der Waals surface area contributed by atoms with Crippen LogP contribution in [0.2, 0.25) is 0 Å². The van der Waals surface area contributed by atoms with E-state index in [1.165, 1.54) is 0 Å². The molecule has 0 saturated carbocycles. The molecule has 0 fully saturated rings. The summed E-state index contributed by atoms with van der Waals surface area (Å²) in [4.78, 5) is 9.20. The van der Waals surface area contributed by atoms with Gasteiger partial charge in [0.25, 0.3) is 0 Å². The lowest BCUT2D eigenvalue weighted by atomic mass is 10.1. The van der Waals surface area contributed by atoms with Gasteiger partial charge < -0.3 is 15.4 Å². The second-order valence-electron chi connectivity index (χ2n) is 5.57. The van der Waals surface area contributed by atoms with E-state index in [0.29, 0.717) is 12.5 Å².